The second-order valence-electron chi connectivity index (χ2n) is 5.98. The smallest absolute Gasteiger partial charge is 0.242 e. The average molecular weight is 340 g/mol. The van der Waals surface area contributed by atoms with Gasteiger partial charge in [0.1, 0.15) is 6.04 Å². The van der Waals surface area contributed by atoms with Crippen LogP contribution in [-0.4, -0.2) is 73.2 Å². The summed E-state index contributed by atoms with van der Waals surface area (Å²) in [7, 11) is 0. The molecule has 3 rings (SSSR count). The Morgan fingerprint density at radius 1 is 1.19 bits per heavy atom. The van der Waals surface area contributed by atoms with Crippen molar-refractivity contribution in [3.05, 3.63) is 0 Å². The first-order valence-electron chi connectivity index (χ1n) is 7.63. The lowest BCUT2D eigenvalue weighted by Crippen LogP contribution is -2.62. The molecule has 5 nitrogen and oxygen atoms in total. The van der Waals surface area contributed by atoms with Crippen LogP contribution in [0.2, 0.25) is 0 Å². The molecule has 0 bridgehead atoms. The molecular weight excluding hydrogens is 313 g/mol. The lowest BCUT2D eigenvalue weighted by atomic mass is 9.98. The molecule has 1 unspecified atom stereocenters. The Bertz CT molecular complexity index is 346. The third-order valence-corrected chi connectivity index (χ3v) is 4.73. The van der Waals surface area contributed by atoms with E-state index in [1.54, 1.807) is 0 Å². The zero-order valence-electron chi connectivity index (χ0n) is 12.6. The second kappa shape index (κ2) is 8.53. The number of piperidine rings is 1. The van der Waals surface area contributed by atoms with Gasteiger partial charge in [-0.05, 0) is 26.3 Å². The predicted molar refractivity (Wildman–Crippen MR) is 87.5 cm³/mol. The van der Waals surface area contributed by atoms with Gasteiger partial charge in [-0.25, -0.2) is 0 Å². The number of halogens is 2. The Hall–Kier alpha value is -0.0700. The number of ether oxygens (including phenoxy) is 1. The van der Waals surface area contributed by atoms with Crippen LogP contribution in [0.4, 0.5) is 0 Å². The minimum absolute atomic E-state index is 0. The fourth-order valence-corrected chi connectivity index (χ4v) is 3.56. The molecule has 0 aliphatic carbocycles. The van der Waals surface area contributed by atoms with Gasteiger partial charge >= 0.3 is 0 Å². The van der Waals surface area contributed by atoms with Gasteiger partial charge in [-0.3, -0.25) is 9.69 Å². The zero-order chi connectivity index (χ0) is 13.2. The summed E-state index contributed by atoms with van der Waals surface area (Å²) in [4.78, 5) is 17.2. The monoisotopic (exact) mass is 339 g/mol. The van der Waals surface area contributed by atoms with Crippen LogP contribution in [0, 0.1) is 0 Å². The number of piperazine rings is 1. The van der Waals surface area contributed by atoms with Crippen molar-refractivity contribution in [2.45, 2.75) is 44.4 Å². The standard InChI is InChI=1S/C14H25N3O2.2ClH/c1-11-13(15-5-9-19-11)14(18)17-8-7-16-6-3-2-4-12(16)10-17;;/h11-13,15H,2-10H2,1H3;2*1H/t11-,12?,13+;;/m1../s1. The van der Waals surface area contributed by atoms with Crippen LogP contribution >= 0.6 is 24.8 Å². The molecule has 3 heterocycles. The first kappa shape index (κ1) is 19.0. The van der Waals surface area contributed by atoms with Crippen molar-refractivity contribution in [3.8, 4) is 0 Å². The first-order valence-corrected chi connectivity index (χ1v) is 7.63. The summed E-state index contributed by atoms with van der Waals surface area (Å²) in [5.41, 5.74) is 0. The third-order valence-electron chi connectivity index (χ3n) is 4.73. The van der Waals surface area contributed by atoms with E-state index in [2.05, 4.69) is 15.1 Å². The summed E-state index contributed by atoms with van der Waals surface area (Å²) in [5, 5.41) is 3.31. The molecule has 3 atom stereocenters. The number of morpholine rings is 1. The lowest BCUT2D eigenvalue weighted by Gasteiger charge is -2.45. The normalized spacial score (nSPS) is 33.4. The molecule has 21 heavy (non-hydrogen) atoms. The Balaban J connectivity index is 0.00000110. The number of rotatable bonds is 1. The Morgan fingerprint density at radius 2 is 2.00 bits per heavy atom. The summed E-state index contributed by atoms with van der Waals surface area (Å²) in [6, 6.07) is 0.440. The first-order chi connectivity index (χ1) is 9.25. The highest BCUT2D eigenvalue weighted by Gasteiger charge is 2.36. The summed E-state index contributed by atoms with van der Waals surface area (Å²) in [5.74, 6) is 0.234. The van der Waals surface area contributed by atoms with E-state index in [4.69, 9.17) is 4.74 Å². The number of hydrogen-bond donors (Lipinski definition) is 1. The molecule has 0 aromatic carbocycles. The second-order valence-corrected chi connectivity index (χ2v) is 5.98. The lowest BCUT2D eigenvalue weighted by molar-refractivity contribution is -0.143. The highest BCUT2D eigenvalue weighted by atomic mass is 35.5. The fraction of sp³-hybridized carbons (Fsp3) is 0.929. The molecular formula is C14H27Cl2N3O2. The highest BCUT2D eigenvalue weighted by Crippen LogP contribution is 2.22. The van der Waals surface area contributed by atoms with E-state index < -0.39 is 0 Å². The molecule has 3 aliphatic rings. The zero-order valence-corrected chi connectivity index (χ0v) is 14.3. The molecule has 3 aliphatic heterocycles. The van der Waals surface area contributed by atoms with Gasteiger partial charge in [0.05, 0.1) is 12.7 Å². The van der Waals surface area contributed by atoms with Crippen molar-refractivity contribution < 1.29 is 9.53 Å². The topological polar surface area (TPSA) is 44.8 Å². The maximum Gasteiger partial charge on any atom is 0.242 e. The molecule has 3 fully saturated rings. The predicted octanol–water partition coefficient (Wildman–Crippen LogP) is 0.904. The minimum atomic E-state index is -0.149. The molecule has 7 heteroatoms. The summed E-state index contributed by atoms with van der Waals surface area (Å²) < 4.78 is 5.59. The summed E-state index contributed by atoms with van der Waals surface area (Å²) in [6.45, 7) is 7.52. The SMILES string of the molecule is C[C@H]1OCCN[C@@H]1C(=O)N1CCN2CCCCC2C1.Cl.Cl. The molecule has 0 aromatic rings. The molecule has 0 aromatic heterocycles. The average Bonchev–Trinajstić information content (AvgIpc) is 2.46. The molecule has 0 radical (unpaired) electrons. The van der Waals surface area contributed by atoms with Crippen molar-refractivity contribution in [3.63, 3.8) is 0 Å². The quantitative estimate of drug-likeness (QED) is 0.771. The van der Waals surface area contributed by atoms with Gasteiger partial charge in [-0.1, -0.05) is 6.42 Å². The minimum Gasteiger partial charge on any atom is -0.375 e. The third kappa shape index (κ3) is 4.23. The Morgan fingerprint density at radius 3 is 2.76 bits per heavy atom. The molecule has 3 saturated heterocycles. The van der Waals surface area contributed by atoms with E-state index in [1.807, 2.05) is 6.92 Å². The van der Waals surface area contributed by atoms with Gasteiger partial charge < -0.3 is 15.0 Å². The van der Waals surface area contributed by atoms with Gasteiger partial charge in [0.25, 0.3) is 0 Å². The van der Waals surface area contributed by atoms with Crippen molar-refractivity contribution in [2.75, 3.05) is 39.3 Å². The van der Waals surface area contributed by atoms with Crippen molar-refractivity contribution in [1.82, 2.24) is 15.1 Å². The van der Waals surface area contributed by atoms with Crippen molar-refractivity contribution in [1.29, 1.82) is 0 Å². The largest absolute Gasteiger partial charge is 0.375 e. The summed E-state index contributed by atoms with van der Waals surface area (Å²) in [6.07, 6.45) is 3.86. The van der Waals surface area contributed by atoms with Crippen LogP contribution in [0.15, 0.2) is 0 Å². The fourth-order valence-electron chi connectivity index (χ4n) is 3.56. The van der Waals surface area contributed by atoms with Crippen LogP contribution < -0.4 is 5.32 Å². The Labute approximate surface area is 139 Å². The van der Waals surface area contributed by atoms with E-state index >= 15 is 0 Å². The number of carbonyl (C=O) groups excluding carboxylic acids is 1. The van der Waals surface area contributed by atoms with Crippen LogP contribution in [0.25, 0.3) is 0 Å². The van der Waals surface area contributed by atoms with E-state index in [-0.39, 0.29) is 42.9 Å². The molecule has 0 spiro atoms. The Kier molecular flexibility index (Phi) is 7.71. The van der Waals surface area contributed by atoms with Crippen molar-refractivity contribution in [2.24, 2.45) is 0 Å². The van der Waals surface area contributed by atoms with Crippen LogP contribution in [0.5, 0.6) is 0 Å². The van der Waals surface area contributed by atoms with E-state index in [0.717, 1.165) is 26.2 Å². The van der Waals surface area contributed by atoms with Crippen LogP contribution in [0.3, 0.4) is 0 Å². The number of hydrogen-bond acceptors (Lipinski definition) is 4. The maximum absolute atomic E-state index is 12.6. The molecule has 124 valence electrons. The van der Waals surface area contributed by atoms with E-state index in [0.29, 0.717) is 12.6 Å². The van der Waals surface area contributed by atoms with E-state index in [9.17, 15) is 4.79 Å². The number of amides is 1. The van der Waals surface area contributed by atoms with Gasteiger partial charge in [0.15, 0.2) is 0 Å². The number of carbonyl (C=O) groups is 1. The van der Waals surface area contributed by atoms with Gasteiger partial charge in [0, 0.05) is 32.2 Å². The van der Waals surface area contributed by atoms with Crippen LogP contribution in [-0.2, 0) is 9.53 Å². The van der Waals surface area contributed by atoms with Crippen molar-refractivity contribution >= 4 is 30.7 Å². The summed E-state index contributed by atoms with van der Waals surface area (Å²) >= 11 is 0. The molecule has 1 N–H and O–H groups in total. The molecule has 1 amide bonds. The number of nitrogens with zero attached hydrogens (tertiary/aromatic N) is 2. The van der Waals surface area contributed by atoms with Crippen LogP contribution in [0.1, 0.15) is 26.2 Å². The van der Waals surface area contributed by atoms with Gasteiger partial charge in [-0.15, -0.1) is 24.8 Å². The number of nitrogens with one attached hydrogen (secondary N) is 1. The number of fused-ring (bicyclic) bond motifs is 1. The highest BCUT2D eigenvalue weighted by molar-refractivity contribution is 5.85. The van der Waals surface area contributed by atoms with E-state index in [1.165, 1.54) is 25.8 Å². The van der Waals surface area contributed by atoms with Gasteiger partial charge in [-0.2, -0.15) is 0 Å². The maximum atomic E-state index is 12.6. The van der Waals surface area contributed by atoms with Gasteiger partial charge in [0.2, 0.25) is 5.91 Å². The molecule has 0 saturated carbocycles.